The molecule has 0 aliphatic carbocycles. The van der Waals surface area contributed by atoms with Crippen LogP contribution in [0, 0.1) is 5.82 Å². The van der Waals surface area contributed by atoms with E-state index in [9.17, 15) is 14.0 Å². The van der Waals surface area contributed by atoms with Crippen molar-refractivity contribution in [3.05, 3.63) is 30.1 Å². The van der Waals surface area contributed by atoms with E-state index in [1.165, 1.54) is 25.1 Å². The van der Waals surface area contributed by atoms with Crippen LogP contribution in [-0.2, 0) is 4.79 Å². The average Bonchev–Trinajstić information content (AvgIpc) is 2.16. The van der Waals surface area contributed by atoms with Crippen LogP contribution in [0.2, 0.25) is 0 Å². The average molecular weight is 224 g/mol. The van der Waals surface area contributed by atoms with Crippen molar-refractivity contribution in [3.8, 4) is 0 Å². The second-order valence-corrected chi connectivity index (χ2v) is 3.44. The number of amides is 2. The van der Waals surface area contributed by atoms with Crippen LogP contribution in [0.5, 0.6) is 0 Å². The Hall–Kier alpha value is -1.91. The summed E-state index contributed by atoms with van der Waals surface area (Å²) in [6, 6.07) is 4.42. The first-order valence-corrected chi connectivity index (χ1v) is 4.82. The first-order valence-electron chi connectivity index (χ1n) is 4.82. The molecule has 2 N–H and O–H groups in total. The zero-order valence-corrected chi connectivity index (χ0v) is 9.08. The molecule has 0 radical (unpaired) electrons. The normalized spacial score (nSPS) is 11.7. The Kier molecular flexibility index (Phi) is 3.99. The minimum atomic E-state index is -0.562. The number of Topliss-reactive ketones (excluding diaryl/α,β-unsaturated/α-hetero) is 1. The maximum atomic E-state index is 12.8. The summed E-state index contributed by atoms with van der Waals surface area (Å²) in [6.45, 7) is 2.96. The zero-order chi connectivity index (χ0) is 12.1. The third-order valence-corrected chi connectivity index (χ3v) is 2.04. The van der Waals surface area contributed by atoms with Gasteiger partial charge in [-0.25, -0.2) is 9.18 Å². The molecule has 5 heteroatoms. The number of hydrogen-bond acceptors (Lipinski definition) is 2. The fourth-order valence-electron chi connectivity index (χ4n) is 1.03. The van der Waals surface area contributed by atoms with Crippen molar-refractivity contribution in [2.45, 2.75) is 19.9 Å². The van der Waals surface area contributed by atoms with Crippen molar-refractivity contribution < 1.29 is 14.0 Å². The summed E-state index contributed by atoms with van der Waals surface area (Å²) in [5.74, 6) is -0.577. The minimum Gasteiger partial charge on any atom is -0.328 e. The van der Waals surface area contributed by atoms with Gasteiger partial charge in [-0.15, -0.1) is 0 Å². The third kappa shape index (κ3) is 3.68. The molecule has 16 heavy (non-hydrogen) atoms. The smallest absolute Gasteiger partial charge is 0.319 e. The van der Waals surface area contributed by atoms with Crippen molar-refractivity contribution in [1.82, 2.24) is 5.32 Å². The van der Waals surface area contributed by atoms with Crippen molar-refractivity contribution in [3.63, 3.8) is 0 Å². The lowest BCUT2D eigenvalue weighted by atomic mass is 10.2. The van der Waals surface area contributed by atoms with Crippen molar-refractivity contribution in [1.29, 1.82) is 0 Å². The summed E-state index contributed by atoms with van der Waals surface area (Å²) < 4.78 is 12.8. The molecule has 1 atom stereocenters. The molecule has 1 aromatic carbocycles. The van der Waals surface area contributed by atoms with Gasteiger partial charge in [0.05, 0.1) is 6.04 Å². The van der Waals surface area contributed by atoms with Crippen LogP contribution in [0.4, 0.5) is 14.9 Å². The van der Waals surface area contributed by atoms with Gasteiger partial charge < -0.3 is 10.6 Å². The molecule has 1 aromatic rings. The molecule has 0 saturated heterocycles. The first-order chi connectivity index (χ1) is 7.49. The number of nitrogens with one attached hydrogen (secondary N) is 2. The quantitative estimate of drug-likeness (QED) is 0.824. The Balaban J connectivity index is 2.55. The van der Waals surface area contributed by atoms with Crippen LogP contribution < -0.4 is 10.6 Å². The minimum absolute atomic E-state index is 0.144. The Morgan fingerprint density at radius 1 is 1.38 bits per heavy atom. The van der Waals surface area contributed by atoms with Gasteiger partial charge in [-0.3, -0.25) is 4.79 Å². The standard InChI is InChI=1S/C11H13FN2O2/c1-7(8(2)15)13-11(16)14-10-5-3-4-9(12)6-10/h3-7H,1-2H3,(H2,13,14,16). The largest absolute Gasteiger partial charge is 0.328 e. The second kappa shape index (κ2) is 5.25. The summed E-state index contributed by atoms with van der Waals surface area (Å²) in [6.07, 6.45) is 0. The van der Waals surface area contributed by atoms with Crippen LogP contribution in [-0.4, -0.2) is 17.9 Å². The molecule has 2 amide bonds. The molecule has 1 unspecified atom stereocenters. The van der Waals surface area contributed by atoms with E-state index in [4.69, 9.17) is 0 Å². The highest BCUT2D eigenvalue weighted by molar-refractivity contribution is 5.93. The number of carbonyl (C=O) groups excluding carboxylic acids is 2. The van der Waals surface area contributed by atoms with Crippen LogP contribution in [0.1, 0.15) is 13.8 Å². The summed E-state index contributed by atoms with van der Waals surface area (Å²) in [5.41, 5.74) is 0.341. The van der Waals surface area contributed by atoms with E-state index in [2.05, 4.69) is 10.6 Å². The van der Waals surface area contributed by atoms with Gasteiger partial charge in [0.25, 0.3) is 0 Å². The van der Waals surface area contributed by atoms with Gasteiger partial charge in [0.15, 0.2) is 5.78 Å². The van der Waals surface area contributed by atoms with E-state index in [0.717, 1.165) is 0 Å². The lowest BCUT2D eigenvalue weighted by molar-refractivity contribution is -0.118. The van der Waals surface area contributed by atoms with Crippen LogP contribution >= 0.6 is 0 Å². The SMILES string of the molecule is CC(=O)C(C)NC(=O)Nc1cccc(F)c1. The van der Waals surface area contributed by atoms with Crippen LogP contribution in [0.3, 0.4) is 0 Å². The molecule has 0 aliphatic rings. The summed E-state index contributed by atoms with van der Waals surface area (Å²) in [7, 11) is 0. The fourth-order valence-corrected chi connectivity index (χ4v) is 1.03. The maximum absolute atomic E-state index is 12.8. The Bertz CT molecular complexity index is 407. The Morgan fingerprint density at radius 3 is 2.62 bits per heavy atom. The van der Waals surface area contributed by atoms with Crippen molar-refractivity contribution in [2.75, 3.05) is 5.32 Å². The summed E-state index contributed by atoms with van der Waals surface area (Å²) in [4.78, 5) is 22.2. The number of ketones is 1. The van der Waals surface area contributed by atoms with Gasteiger partial charge >= 0.3 is 6.03 Å². The number of urea groups is 1. The predicted molar refractivity (Wildman–Crippen MR) is 58.7 cm³/mol. The second-order valence-electron chi connectivity index (χ2n) is 3.44. The number of benzene rings is 1. The van der Waals surface area contributed by atoms with E-state index in [0.29, 0.717) is 5.69 Å². The molecule has 0 saturated carbocycles. The third-order valence-electron chi connectivity index (χ3n) is 2.04. The van der Waals surface area contributed by atoms with E-state index >= 15 is 0 Å². The van der Waals surface area contributed by atoms with Gasteiger partial charge in [-0.2, -0.15) is 0 Å². The van der Waals surface area contributed by atoms with Crippen molar-refractivity contribution in [2.24, 2.45) is 0 Å². The Morgan fingerprint density at radius 2 is 2.06 bits per heavy atom. The molecule has 4 nitrogen and oxygen atoms in total. The highest BCUT2D eigenvalue weighted by Crippen LogP contribution is 2.08. The number of halogens is 1. The number of rotatable bonds is 3. The van der Waals surface area contributed by atoms with Gasteiger partial charge in [0.2, 0.25) is 0 Å². The topological polar surface area (TPSA) is 58.2 Å². The monoisotopic (exact) mass is 224 g/mol. The van der Waals surface area contributed by atoms with E-state index in [-0.39, 0.29) is 5.78 Å². The number of hydrogen-bond donors (Lipinski definition) is 2. The molecule has 1 rings (SSSR count). The van der Waals surface area contributed by atoms with Gasteiger partial charge in [0, 0.05) is 5.69 Å². The lowest BCUT2D eigenvalue weighted by Gasteiger charge is -2.11. The maximum Gasteiger partial charge on any atom is 0.319 e. The lowest BCUT2D eigenvalue weighted by Crippen LogP contribution is -2.40. The Labute approximate surface area is 92.8 Å². The van der Waals surface area contributed by atoms with E-state index in [1.54, 1.807) is 13.0 Å². The van der Waals surface area contributed by atoms with Crippen LogP contribution in [0.15, 0.2) is 24.3 Å². The van der Waals surface area contributed by atoms with E-state index < -0.39 is 17.9 Å². The van der Waals surface area contributed by atoms with Gasteiger partial charge in [-0.05, 0) is 32.0 Å². The zero-order valence-electron chi connectivity index (χ0n) is 9.08. The van der Waals surface area contributed by atoms with Gasteiger partial charge in [-0.1, -0.05) is 6.07 Å². The summed E-state index contributed by atoms with van der Waals surface area (Å²) in [5, 5.41) is 4.85. The molecular weight excluding hydrogens is 211 g/mol. The molecule has 0 aromatic heterocycles. The molecule has 0 spiro atoms. The van der Waals surface area contributed by atoms with E-state index in [1.807, 2.05) is 0 Å². The number of anilines is 1. The fraction of sp³-hybridized carbons (Fsp3) is 0.273. The molecule has 0 aliphatic heterocycles. The highest BCUT2D eigenvalue weighted by Gasteiger charge is 2.10. The predicted octanol–water partition coefficient (Wildman–Crippen LogP) is 1.92. The molecular formula is C11H13FN2O2. The van der Waals surface area contributed by atoms with Gasteiger partial charge in [0.1, 0.15) is 5.82 Å². The number of carbonyl (C=O) groups is 2. The first kappa shape index (κ1) is 12.2. The van der Waals surface area contributed by atoms with Crippen LogP contribution in [0.25, 0.3) is 0 Å². The summed E-state index contributed by atoms with van der Waals surface area (Å²) >= 11 is 0. The molecule has 0 fully saturated rings. The molecule has 0 bridgehead atoms. The molecule has 86 valence electrons. The molecule has 0 heterocycles. The van der Waals surface area contributed by atoms with Crippen molar-refractivity contribution >= 4 is 17.5 Å². The highest BCUT2D eigenvalue weighted by atomic mass is 19.1.